The fourth-order valence-corrected chi connectivity index (χ4v) is 2.98. The molecule has 1 heterocycles. The van der Waals surface area contributed by atoms with Crippen molar-refractivity contribution in [2.75, 3.05) is 20.3 Å². The Morgan fingerprint density at radius 3 is 2.54 bits per heavy atom. The van der Waals surface area contributed by atoms with Gasteiger partial charge in [-0.05, 0) is 38.3 Å². The molecule has 0 bridgehead atoms. The number of esters is 1. The van der Waals surface area contributed by atoms with Gasteiger partial charge in [-0.1, -0.05) is 30.3 Å². The molecule has 140 valence electrons. The summed E-state index contributed by atoms with van der Waals surface area (Å²) >= 11 is 0. The number of aryl methyl sites for hydroxylation is 2. The molecule has 0 saturated carbocycles. The van der Waals surface area contributed by atoms with Gasteiger partial charge in [-0.25, -0.2) is 0 Å². The smallest absolute Gasteiger partial charge is 0.306 e. The second-order valence-corrected chi connectivity index (χ2v) is 6.35. The van der Waals surface area contributed by atoms with Gasteiger partial charge in [0, 0.05) is 43.6 Å². The van der Waals surface area contributed by atoms with E-state index in [2.05, 4.69) is 4.57 Å². The van der Waals surface area contributed by atoms with E-state index in [-0.39, 0.29) is 24.8 Å². The topological polar surface area (TPSA) is 57.5 Å². The van der Waals surface area contributed by atoms with Crippen molar-refractivity contribution in [3.05, 3.63) is 58.9 Å². The highest BCUT2D eigenvalue weighted by atomic mass is 16.5. The van der Waals surface area contributed by atoms with Crippen LogP contribution in [0.2, 0.25) is 0 Å². The van der Waals surface area contributed by atoms with Gasteiger partial charge in [0.25, 0.3) is 0 Å². The normalized spacial score (nSPS) is 10.7. The second kappa shape index (κ2) is 9.92. The molecule has 2 aromatic rings. The molecule has 0 aliphatic heterocycles. The summed E-state index contributed by atoms with van der Waals surface area (Å²) in [5, 5.41) is 0. The van der Waals surface area contributed by atoms with Crippen molar-refractivity contribution < 1.29 is 19.1 Å². The molecule has 1 aromatic carbocycles. The number of carbonyl (C=O) groups excluding carboxylic acids is 2. The lowest BCUT2D eigenvalue weighted by atomic mass is 10.1. The Morgan fingerprint density at radius 1 is 1.12 bits per heavy atom. The van der Waals surface area contributed by atoms with Crippen molar-refractivity contribution in [3.63, 3.8) is 0 Å². The molecule has 0 N–H and O–H groups in total. The van der Waals surface area contributed by atoms with Gasteiger partial charge in [0.1, 0.15) is 0 Å². The molecule has 0 saturated heterocycles. The predicted molar refractivity (Wildman–Crippen MR) is 100 cm³/mol. The molecule has 0 aliphatic carbocycles. The van der Waals surface area contributed by atoms with Gasteiger partial charge in [0.05, 0.1) is 0 Å². The zero-order valence-corrected chi connectivity index (χ0v) is 15.8. The van der Waals surface area contributed by atoms with Crippen LogP contribution in [0, 0.1) is 13.8 Å². The van der Waals surface area contributed by atoms with Crippen molar-refractivity contribution in [3.8, 4) is 0 Å². The number of Topliss-reactive ketones (excluding diaryl/α,β-unsaturated/α-hetero) is 1. The fourth-order valence-electron chi connectivity index (χ4n) is 2.98. The van der Waals surface area contributed by atoms with Crippen LogP contribution in [0.4, 0.5) is 0 Å². The van der Waals surface area contributed by atoms with Crippen molar-refractivity contribution in [1.29, 1.82) is 0 Å². The summed E-state index contributed by atoms with van der Waals surface area (Å²) in [7, 11) is 1.68. The number of ether oxygens (including phenoxy) is 2. The highest BCUT2D eigenvalue weighted by Crippen LogP contribution is 2.16. The van der Waals surface area contributed by atoms with Crippen LogP contribution in [-0.4, -0.2) is 36.6 Å². The van der Waals surface area contributed by atoms with Gasteiger partial charge in [0.2, 0.25) is 5.78 Å². The molecule has 0 fully saturated rings. The van der Waals surface area contributed by atoms with Gasteiger partial charge in [-0.3, -0.25) is 9.59 Å². The number of rotatable bonds is 10. The van der Waals surface area contributed by atoms with Crippen LogP contribution in [0.15, 0.2) is 36.4 Å². The third-order valence-corrected chi connectivity index (χ3v) is 4.43. The zero-order valence-electron chi connectivity index (χ0n) is 15.8. The van der Waals surface area contributed by atoms with E-state index in [9.17, 15) is 9.59 Å². The molecule has 0 amide bonds. The Morgan fingerprint density at radius 2 is 1.85 bits per heavy atom. The lowest BCUT2D eigenvalue weighted by Crippen LogP contribution is -2.15. The van der Waals surface area contributed by atoms with Crippen LogP contribution in [0.3, 0.4) is 0 Å². The monoisotopic (exact) mass is 357 g/mol. The average molecular weight is 357 g/mol. The Labute approximate surface area is 154 Å². The van der Waals surface area contributed by atoms with Crippen LogP contribution in [-0.2, 0) is 27.2 Å². The van der Waals surface area contributed by atoms with Gasteiger partial charge in [-0.2, -0.15) is 0 Å². The Hall–Kier alpha value is -2.40. The number of aromatic nitrogens is 1. The van der Waals surface area contributed by atoms with E-state index in [4.69, 9.17) is 9.47 Å². The van der Waals surface area contributed by atoms with Crippen LogP contribution in [0.5, 0.6) is 0 Å². The van der Waals surface area contributed by atoms with Crippen LogP contribution in [0.25, 0.3) is 0 Å². The molecule has 5 nitrogen and oxygen atoms in total. The lowest BCUT2D eigenvalue weighted by Gasteiger charge is -2.09. The standard InChI is InChI=1S/C21H27NO4/c1-16-14-19(17(2)22(16)12-7-13-25-3)20(23)15-26-21(24)11-10-18-8-5-4-6-9-18/h4-6,8-9,14H,7,10-13,15H2,1-3H3. The molecule has 2 rings (SSSR count). The van der Waals surface area contributed by atoms with Crippen LogP contribution < -0.4 is 0 Å². The number of nitrogens with zero attached hydrogens (tertiary/aromatic N) is 1. The molecule has 0 spiro atoms. The molecule has 1 aromatic heterocycles. The van der Waals surface area contributed by atoms with E-state index in [1.165, 1.54) is 0 Å². The largest absolute Gasteiger partial charge is 0.457 e. The molecule has 0 radical (unpaired) electrons. The first-order valence-corrected chi connectivity index (χ1v) is 8.91. The molecular weight excluding hydrogens is 330 g/mol. The minimum atomic E-state index is -0.351. The van der Waals surface area contributed by atoms with E-state index in [0.29, 0.717) is 18.6 Å². The van der Waals surface area contributed by atoms with Crippen molar-refractivity contribution in [2.24, 2.45) is 0 Å². The minimum Gasteiger partial charge on any atom is -0.457 e. The van der Waals surface area contributed by atoms with Crippen LogP contribution >= 0.6 is 0 Å². The maximum absolute atomic E-state index is 12.4. The minimum absolute atomic E-state index is 0.163. The summed E-state index contributed by atoms with van der Waals surface area (Å²) in [5.74, 6) is -0.514. The zero-order chi connectivity index (χ0) is 18.9. The molecule has 0 atom stereocenters. The third-order valence-electron chi connectivity index (χ3n) is 4.43. The van der Waals surface area contributed by atoms with Gasteiger partial charge >= 0.3 is 5.97 Å². The van der Waals surface area contributed by atoms with E-state index in [1.54, 1.807) is 7.11 Å². The van der Waals surface area contributed by atoms with Crippen molar-refractivity contribution >= 4 is 11.8 Å². The maximum atomic E-state index is 12.4. The Kier molecular flexibility index (Phi) is 7.60. The number of carbonyl (C=O) groups is 2. The second-order valence-electron chi connectivity index (χ2n) is 6.35. The lowest BCUT2D eigenvalue weighted by molar-refractivity contribution is -0.142. The molecular formula is C21H27NO4. The first-order chi connectivity index (χ1) is 12.5. The SMILES string of the molecule is COCCCn1c(C)cc(C(=O)COC(=O)CCc2ccccc2)c1C. The highest BCUT2D eigenvalue weighted by molar-refractivity contribution is 5.99. The molecule has 5 heteroatoms. The summed E-state index contributed by atoms with van der Waals surface area (Å²) in [6, 6.07) is 11.6. The Balaban J connectivity index is 1.85. The third kappa shape index (κ3) is 5.56. The molecule has 26 heavy (non-hydrogen) atoms. The number of hydrogen-bond donors (Lipinski definition) is 0. The number of ketones is 1. The molecule has 0 aliphatic rings. The van der Waals surface area contributed by atoms with Gasteiger partial charge in [-0.15, -0.1) is 0 Å². The summed E-state index contributed by atoms with van der Waals surface area (Å²) in [4.78, 5) is 24.3. The summed E-state index contributed by atoms with van der Waals surface area (Å²) in [5.41, 5.74) is 3.63. The van der Waals surface area contributed by atoms with Crippen molar-refractivity contribution in [1.82, 2.24) is 4.57 Å². The summed E-state index contributed by atoms with van der Waals surface area (Å²) in [6.45, 7) is 5.16. The number of methoxy groups -OCH3 is 1. The summed E-state index contributed by atoms with van der Waals surface area (Å²) < 4.78 is 12.3. The number of benzene rings is 1. The quantitative estimate of drug-likeness (QED) is 0.371. The predicted octanol–water partition coefficient (Wildman–Crippen LogP) is 3.50. The number of hydrogen-bond acceptors (Lipinski definition) is 4. The fraction of sp³-hybridized carbons (Fsp3) is 0.429. The van der Waals surface area contributed by atoms with E-state index in [0.717, 1.165) is 29.9 Å². The first-order valence-electron chi connectivity index (χ1n) is 8.91. The van der Waals surface area contributed by atoms with E-state index < -0.39 is 0 Å². The van der Waals surface area contributed by atoms with Crippen LogP contribution in [0.1, 0.15) is 40.2 Å². The summed E-state index contributed by atoms with van der Waals surface area (Å²) in [6.07, 6.45) is 1.77. The average Bonchev–Trinajstić information content (AvgIpc) is 2.93. The van der Waals surface area contributed by atoms with E-state index >= 15 is 0 Å². The van der Waals surface area contributed by atoms with Crippen molar-refractivity contribution in [2.45, 2.75) is 39.7 Å². The Bertz CT molecular complexity index is 734. The highest BCUT2D eigenvalue weighted by Gasteiger charge is 2.17. The first kappa shape index (κ1) is 19.9. The van der Waals surface area contributed by atoms with Gasteiger partial charge < -0.3 is 14.0 Å². The van der Waals surface area contributed by atoms with Gasteiger partial charge in [0.15, 0.2) is 6.61 Å². The van der Waals surface area contributed by atoms with E-state index in [1.807, 2.05) is 50.2 Å². The molecule has 0 unspecified atom stereocenters. The maximum Gasteiger partial charge on any atom is 0.306 e.